The maximum atomic E-state index is 6.09. The van der Waals surface area contributed by atoms with E-state index in [0.29, 0.717) is 0 Å². The molecule has 0 aliphatic heterocycles. The Morgan fingerprint density at radius 3 is 1.54 bits per heavy atom. The van der Waals surface area contributed by atoms with E-state index in [1.54, 1.807) is 0 Å². The molecule has 0 atom stereocenters. The van der Waals surface area contributed by atoms with E-state index in [0.717, 1.165) is 32.6 Å². The summed E-state index contributed by atoms with van der Waals surface area (Å²) in [6.07, 6.45) is 1.92. The summed E-state index contributed by atoms with van der Waals surface area (Å²) in [5.41, 5.74) is 0.139. The molecule has 0 unspecified atom stereocenters. The molecule has 148 valence electrons. The van der Waals surface area contributed by atoms with Crippen LogP contribution in [0.4, 0.5) is 0 Å². The Bertz CT molecular complexity index is 309. The van der Waals surface area contributed by atoms with Gasteiger partial charge in [0, 0.05) is 5.54 Å². The third-order valence-corrected chi connectivity index (χ3v) is 3.48. The maximum absolute atomic E-state index is 6.09. The van der Waals surface area contributed by atoms with Crippen LogP contribution in [-0.4, -0.2) is 36.5 Å². The molecule has 0 aromatic carbocycles. The minimum absolute atomic E-state index is 0.0989. The summed E-state index contributed by atoms with van der Waals surface area (Å²) in [5.74, 6) is 0. The fourth-order valence-corrected chi connectivity index (χ4v) is 1.87. The third kappa shape index (κ3) is 18.2. The van der Waals surface area contributed by atoms with Crippen molar-refractivity contribution >= 4 is 0 Å². The van der Waals surface area contributed by atoms with E-state index in [-0.39, 0.29) is 22.2 Å². The van der Waals surface area contributed by atoms with Crippen molar-refractivity contribution in [2.75, 3.05) is 19.8 Å². The van der Waals surface area contributed by atoms with Crippen molar-refractivity contribution in [1.82, 2.24) is 5.32 Å². The Hall–Kier alpha value is -0.120. The van der Waals surface area contributed by atoms with Crippen LogP contribution in [0.1, 0.15) is 95.9 Å². The number of nitrogens with one attached hydrogen (secondary N) is 1. The van der Waals surface area contributed by atoms with Gasteiger partial charge in [-0.1, -0.05) is 34.6 Å². The highest BCUT2D eigenvalue weighted by Gasteiger charge is 2.24. The highest BCUT2D eigenvalue weighted by molar-refractivity contribution is 4.77. The summed E-state index contributed by atoms with van der Waals surface area (Å²) in [6, 6.07) is 0. The second-order valence-corrected chi connectivity index (χ2v) is 9.89. The molecule has 0 fully saturated rings. The molecule has 24 heavy (non-hydrogen) atoms. The predicted octanol–water partition coefficient (Wildman–Crippen LogP) is 5.82. The summed E-state index contributed by atoms with van der Waals surface area (Å²) in [6.45, 7) is 28.3. The largest absolute Gasteiger partial charge is 0.375 e. The van der Waals surface area contributed by atoms with Crippen molar-refractivity contribution in [1.29, 1.82) is 0 Å². The van der Waals surface area contributed by atoms with Gasteiger partial charge in [0.05, 0.1) is 24.4 Å². The van der Waals surface area contributed by atoms with Crippen LogP contribution in [0, 0.1) is 5.41 Å². The van der Waals surface area contributed by atoms with E-state index >= 15 is 0 Å². The van der Waals surface area contributed by atoms with E-state index < -0.39 is 0 Å². The zero-order valence-corrected chi connectivity index (χ0v) is 18.9. The molecule has 3 heteroatoms. The van der Waals surface area contributed by atoms with Crippen molar-refractivity contribution in [3.63, 3.8) is 0 Å². The van der Waals surface area contributed by atoms with E-state index in [1.807, 2.05) is 13.8 Å². The topological polar surface area (TPSA) is 30.5 Å². The Labute approximate surface area is 153 Å². The molecule has 0 bridgehead atoms. The van der Waals surface area contributed by atoms with Crippen molar-refractivity contribution in [2.45, 2.75) is 113 Å². The van der Waals surface area contributed by atoms with E-state index in [9.17, 15) is 0 Å². The van der Waals surface area contributed by atoms with Gasteiger partial charge < -0.3 is 14.8 Å². The fourth-order valence-electron chi connectivity index (χ4n) is 1.87. The van der Waals surface area contributed by atoms with Crippen molar-refractivity contribution in [2.24, 2.45) is 5.41 Å². The number of ether oxygens (including phenoxy) is 2. The van der Waals surface area contributed by atoms with Gasteiger partial charge in [0.2, 0.25) is 0 Å². The van der Waals surface area contributed by atoms with Crippen molar-refractivity contribution < 1.29 is 9.47 Å². The predicted molar refractivity (Wildman–Crippen MR) is 108 cm³/mol. The lowest BCUT2D eigenvalue weighted by atomic mass is 9.97. The Morgan fingerprint density at radius 2 is 1.12 bits per heavy atom. The van der Waals surface area contributed by atoms with Gasteiger partial charge in [0.1, 0.15) is 0 Å². The van der Waals surface area contributed by atoms with Gasteiger partial charge in [-0.25, -0.2) is 0 Å². The summed E-state index contributed by atoms with van der Waals surface area (Å²) < 4.78 is 12.1. The molecule has 1 N–H and O–H groups in total. The number of hydrogen-bond acceptors (Lipinski definition) is 3. The highest BCUT2D eigenvalue weighted by atomic mass is 16.5. The monoisotopic (exact) mass is 345 g/mol. The van der Waals surface area contributed by atoms with E-state index in [1.165, 1.54) is 0 Å². The average Bonchev–Trinajstić information content (AvgIpc) is 2.36. The van der Waals surface area contributed by atoms with Crippen LogP contribution in [-0.2, 0) is 9.47 Å². The molecule has 0 saturated heterocycles. The summed E-state index contributed by atoms with van der Waals surface area (Å²) in [7, 11) is 0. The summed E-state index contributed by atoms with van der Waals surface area (Å²) in [4.78, 5) is 0. The smallest absolute Gasteiger partial charge is 0.0648 e. The van der Waals surface area contributed by atoms with Crippen LogP contribution < -0.4 is 5.32 Å². The molecule has 0 aromatic rings. The van der Waals surface area contributed by atoms with Gasteiger partial charge in [-0.05, 0) is 73.3 Å². The zero-order valence-electron chi connectivity index (χ0n) is 18.9. The summed E-state index contributed by atoms with van der Waals surface area (Å²) >= 11 is 0. The van der Waals surface area contributed by atoms with Gasteiger partial charge in [0.15, 0.2) is 0 Å². The quantitative estimate of drug-likeness (QED) is 0.571. The Morgan fingerprint density at radius 1 is 0.667 bits per heavy atom. The lowest BCUT2D eigenvalue weighted by Crippen LogP contribution is -2.40. The van der Waals surface area contributed by atoms with Crippen LogP contribution in [0.15, 0.2) is 0 Å². The molecule has 0 aliphatic carbocycles. The maximum Gasteiger partial charge on any atom is 0.0648 e. The molecule has 0 amide bonds. The average molecular weight is 346 g/mol. The second kappa shape index (κ2) is 10.8. The molecule has 0 radical (unpaired) electrons. The molecule has 0 aliphatic rings. The SMILES string of the molecule is CC.CC(C)(C)COC(C)(C)CCOC(C)(C)CCNC(C)(C)C. The van der Waals surface area contributed by atoms with Gasteiger partial charge in [-0.15, -0.1) is 0 Å². The highest BCUT2D eigenvalue weighted by Crippen LogP contribution is 2.23. The van der Waals surface area contributed by atoms with Crippen LogP contribution >= 0.6 is 0 Å². The molecule has 0 rings (SSSR count). The Kier molecular flexibility index (Phi) is 11.7. The summed E-state index contributed by atoms with van der Waals surface area (Å²) in [5, 5.41) is 3.52. The van der Waals surface area contributed by atoms with Crippen molar-refractivity contribution in [3.8, 4) is 0 Å². The van der Waals surface area contributed by atoms with Crippen LogP contribution in [0.3, 0.4) is 0 Å². The van der Waals surface area contributed by atoms with E-state index in [2.05, 4.69) is 74.6 Å². The first kappa shape index (κ1) is 26.1. The molecule has 0 aromatic heterocycles. The first-order valence-corrected chi connectivity index (χ1v) is 9.65. The normalized spacial score (nSPS) is 13.5. The minimum atomic E-state index is -0.132. The van der Waals surface area contributed by atoms with Crippen LogP contribution in [0.25, 0.3) is 0 Å². The van der Waals surface area contributed by atoms with Gasteiger partial charge in [-0.3, -0.25) is 0 Å². The lowest BCUT2D eigenvalue weighted by molar-refractivity contribution is -0.0890. The lowest BCUT2D eigenvalue weighted by Gasteiger charge is -2.32. The minimum Gasteiger partial charge on any atom is -0.375 e. The van der Waals surface area contributed by atoms with Gasteiger partial charge >= 0.3 is 0 Å². The number of rotatable bonds is 9. The van der Waals surface area contributed by atoms with E-state index in [4.69, 9.17) is 9.47 Å². The zero-order chi connectivity index (χ0) is 19.7. The van der Waals surface area contributed by atoms with Crippen LogP contribution in [0.5, 0.6) is 0 Å². The standard InChI is InChI=1S/C19H41NO2.C2H6/c1-16(2,3)15-22-19(9,10)12-14-21-18(7,8)11-13-20-17(4,5)6;1-2/h20H,11-15H2,1-10H3;1-2H3. The van der Waals surface area contributed by atoms with Crippen LogP contribution in [0.2, 0.25) is 0 Å². The molecule has 0 saturated carbocycles. The first-order valence-electron chi connectivity index (χ1n) is 9.65. The third-order valence-electron chi connectivity index (χ3n) is 3.48. The van der Waals surface area contributed by atoms with Crippen molar-refractivity contribution in [3.05, 3.63) is 0 Å². The first-order chi connectivity index (χ1) is 10.6. The second-order valence-electron chi connectivity index (χ2n) is 9.89. The number of hydrogen-bond donors (Lipinski definition) is 1. The molecule has 0 spiro atoms. The molecule has 0 heterocycles. The molecular formula is C21H47NO2. The fraction of sp³-hybridized carbons (Fsp3) is 1.00. The Balaban J connectivity index is 0. The molecule has 3 nitrogen and oxygen atoms in total. The van der Waals surface area contributed by atoms with Gasteiger partial charge in [-0.2, -0.15) is 0 Å². The van der Waals surface area contributed by atoms with Gasteiger partial charge in [0.25, 0.3) is 0 Å². The molecular weight excluding hydrogens is 298 g/mol.